The summed E-state index contributed by atoms with van der Waals surface area (Å²) in [5.41, 5.74) is 2.25. The molecule has 1 aromatic carbocycles. The van der Waals surface area contributed by atoms with E-state index in [1.54, 1.807) is 0 Å². The van der Waals surface area contributed by atoms with Gasteiger partial charge in [0.05, 0.1) is 18.3 Å². The first-order valence-electron chi connectivity index (χ1n) is 7.68. The van der Waals surface area contributed by atoms with Crippen LogP contribution in [-0.4, -0.2) is 15.9 Å². The second-order valence-electron chi connectivity index (χ2n) is 5.36. The third kappa shape index (κ3) is 4.25. The number of rotatable bonds is 7. The number of nitrogens with one attached hydrogen (secondary N) is 1. The van der Waals surface area contributed by atoms with Gasteiger partial charge in [-0.25, -0.2) is 0 Å². The maximum atomic E-state index is 5.86. The van der Waals surface area contributed by atoms with Crippen molar-refractivity contribution >= 4 is 5.69 Å². The van der Waals surface area contributed by atoms with Gasteiger partial charge in [0, 0.05) is 30.1 Å². The van der Waals surface area contributed by atoms with Crippen molar-refractivity contribution in [3.63, 3.8) is 0 Å². The number of ether oxygens (including phenoxy) is 1. The fourth-order valence-corrected chi connectivity index (χ4v) is 2.08. The van der Waals surface area contributed by atoms with Gasteiger partial charge in [0.2, 0.25) is 0 Å². The minimum Gasteiger partial charge on any atom is -0.491 e. The lowest BCUT2D eigenvalue weighted by Crippen LogP contribution is -2.10. The van der Waals surface area contributed by atoms with E-state index in [9.17, 15) is 0 Å². The summed E-state index contributed by atoms with van der Waals surface area (Å²) >= 11 is 0. The highest BCUT2D eigenvalue weighted by Gasteiger charge is 2.09. The average molecular weight is 287 g/mol. The van der Waals surface area contributed by atoms with Gasteiger partial charge in [-0.2, -0.15) is 5.10 Å². The first kappa shape index (κ1) is 15.4. The van der Waals surface area contributed by atoms with E-state index >= 15 is 0 Å². The summed E-state index contributed by atoms with van der Waals surface area (Å²) < 4.78 is 7.80. The topological polar surface area (TPSA) is 39.1 Å². The van der Waals surface area contributed by atoms with E-state index in [4.69, 9.17) is 4.74 Å². The van der Waals surface area contributed by atoms with E-state index in [1.165, 1.54) is 5.56 Å². The van der Waals surface area contributed by atoms with Crippen LogP contribution in [0.4, 0.5) is 5.69 Å². The van der Waals surface area contributed by atoms with Gasteiger partial charge in [0.15, 0.2) is 0 Å². The van der Waals surface area contributed by atoms with Gasteiger partial charge in [0.25, 0.3) is 0 Å². The van der Waals surface area contributed by atoms with Crippen molar-refractivity contribution in [3.05, 3.63) is 42.2 Å². The quantitative estimate of drug-likeness (QED) is 0.827. The third-order valence-electron chi connectivity index (χ3n) is 3.61. The average Bonchev–Trinajstić information content (AvgIpc) is 2.96. The van der Waals surface area contributed by atoms with Crippen LogP contribution in [0.2, 0.25) is 0 Å². The summed E-state index contributed by atoms with van der Waals surface area (Å²) in [5, 5.41) is 7.81. The summed E-state index contributed by atoms with van der Waals surface area (Å²) in [5.74, 6) is 0.908. The molecule has 0 amide bonds. The lowest BCUT2D eigenvalue weighted by molar-refractivity contribution is 0.217. The number of hydrogen-bond donors (Lipinski definition) is 1. The van der Waals surface area contributed by atoms with Crippen molar-refractivity contribution in [1.82, 2.24) is 9.78 Å². The standard InChI is InChI=1S/C17H25N3O/c1-5-13(3)21-17-9-7-8-16(10-17)19-14(4)15-11-18-20(6-2)12-15/h7-14,19H,5-6H2,1-4H3. The van der Waals surface area contributed by atoms with Crippen LogP contribution in [0, 0.1) is 0 Å². The molecule has 21 heavy (non-hydrogen) atoms. The summed E-state index contributed by atoms with van der Waals surface area (Å²) in [7, 11) is 0. The van der Waals surface area contributed by atoms with Gasteiger partial charge in [-0.1, -0.05) is 13.0 Å². The van der Waals surface area contributed by atoms with Crippen LogP contribution in [0.15, 0.2) is 36.7 Å². The van der Waals surface area contributed by atoms with Crippen LogP contribution >= 0.6 is 0 Å². The molecule has 0 spiro atoms. The molecule has 2 rings (SSSR count). The van der Waals surface area contributed by atoms with Gasteiger partial charge in [-0.3, -0.25) is 4.68 Å². The SMILES string of the molecule is CCC(C)Oc1cccc(NC(C)c2cnn(CC)c2)c1. The summed E-state index contributed by atoms with van der Waals surface area (Å²) in [4.78, 5) is 0. The van der Waals surface area contributed by atoms with Crippen LogP contribution in [0.25, 0.3) is 0 Å². The Labute approximate surface area is 127 Å². The molecule has 0 bridgehead atoms. The Morgan fingerprint density at radius 2 is 2.10 bits per heavy atom. The zero-order chi connectivity index (χ0) is 15.2. The van der Waals surface area contributed by atoms with Crippen LogP contribution in [0.1, 0.15) is 45.7 Å². The van der Waals surface area contributed by atoms with Gasteiger partial charge in [-0.05, 0) is 39.3 Å². The highest BCUT2D eigenvalue weighted by molar-refractivity contribution is 5.49. The Morgan fingerprint density at radius 3 is 2.76 bits per heavy atom. The summed E-state index contributed by atoms with van der Waals surface area (Å²) in [6.45, 7) is 9.33. The van der Waals surface area contributed by atoms with Crippen molar-refractivity contribution in [2.24, 2.45) is 0 Å². The third-order valence-corrected chi connectivity index (χ3v) is 3.61. The van der Waals surface area contributed by atoms with Crippen LogP contribution in [0.5, 0.6) is 5.75 Å². The highest BCUT2D eigenvalue weighted by atomic mass is 16.5. The molecule has 1 aromatic heterocycles. The number of nitrogens with zero attached hydrogens (tertiary/aromatic N) is 2. The van der Waals surface area contributed by atoms with Crippen molar-refractivity contribution in [2.75, 3.05) is 5.32 Å². The van der Waals surface area contributed by atoms with E-state index in [0.717, 1.165) is 24.4 Å². The Balaban J connectivity index is 2.03. The van der Waals surface area contributed by atoms with E-state index in [-0.39, 0.29) is 12.1 Å². The van der Waals surface area contributed by atoms with Crippen LogP contribution < -0.4 is 10.1 Å². The molecule has 0 aliphatic heterocycles. The molecule has 4 heteroatoms. The van der Waals surface area contributed by atoms with Gasteiger partial charge >= 0.3 is 0 Å². The molecular formula is C17H25N3O. The van der Waals surface area contributed by atoms with E-state index in [2.05, 4.69) is 50.4 Å². The van der Waals surface area contributed by atoms with Crippen molar-refractivity contribution in [3.8, 4) is 5.75 Å². The summed E-state index contributed by atoms with van der Waals surface area (Å²) in [6, 6.07) is 8.33. The fourth-order valence-electron chi connectivity index (χ4n) is 2.08. The van der Waals surface area contributed by atoms with E-state index in [0.29, 0.717) is 0 Å². The maximum absolute atomic E-state index is 5.86. The molecule has 0 fully saturated rings. The molecule has 0 aliphatic rings. The molecule has 2 aromatic rings. The maximum Gasteiger partial charge on any atom is 0.121 e. The lowest BCUT2D eigenvalue weighted by Gasteiger charge is -2.16. The predicted molar refractivity (Wildman–Crippen MR) is 86.8 cm³/mol. The number of aryl methyl sites for hydroxylation is 1. The molecule has 1 N–H and O–H groups in total. The van der Waals surface area contributed by atoms with Crippen molar-refractivity contribution < 1.29 is 4.74 Å². The molecule has 1 heterocycles. The first-order chi connectivity index (χ1) is 10.1. The zero-order valence-corrected chi connectivity index (χ0v) is 13.3. The molecule has 0 radical (unpaired) electrons. The Hall–Kier alpha value is -1.97. The van der Waals surface area contributed by atoms with Crippen LogP contribution in [-0.2, 0) is 6.54 Å². The highest BCUT2D eigenvalue weighted by Crippen LogP contribution is 2.23. The monoisotopic (exact) mass is 287 g/mol. The van der Waals surface area contributed by atoms with Crippen molar-refractivity contribution in [1.29, 1.82) is 0 Å². The normalized spacial score (nSPS) is 13.7. The van der Waals surface area contributed by atoms with E-state index in [1.807, 2.05) is 29.1 Å². The zero-order valence-electron chi connectivity index (χ0n) is 13.3. The van der Waals surface area contributed by atoms with E-state index < -0.39 is 0 Å². The Kier molecular flexibility index (Phi) is 5.26. The molecule has 0 saturated carbocycles. The molecular weight excluding hydrogens is 262 g/mol. The Morgan fingerprint density at radius 1 is 1.29 bits per heavy atom. The number of aromatic nitrogens is 2. The Bertz CT molecular complexity index is 565. The van der Waals surface area contributed by atoms with Crippen LogP contribution in [0.3, 0.4) is 0 Å². The molecule has 2 atom stereocenters. The lowest BCUT2D eigenvalue weighted by atomic mass is 10.2. The molecule has 4 nitrogen and oxygen atoms in total. The van der Waals surface area contributed by atoms with Gasteiger partial charge < -0.3 is 10.1 Å². The largest absolute Gasteiger partial charge is 0.491 e. The second-order valence-corrected chi connectivity index (χ2v) is 5.36. The van der Waals surface area contributed by atoms with Gasteiger partial charge in [-0.15, -0.1) is 0 Å². The van der Waals surface area contributed by atoms with Crippen molar-refractivity contribution in [2.45, 2.75) is 52.8 Å². The number of hydrogen-bond acceptors (Lipinski definition) is 3. The second kappa shape index (κ2) is 7.16. The minimum absolute atomic E-state index is 0.212. The molecule has 0 saturated heterocycles. The molecule has 0 aliphatic carbocycles. The predicted octanol–water partition coefficient (Wildman–Crippen LogP) is 4.25. The smallest absolute Gasteiger partial charge is 0.121 e. The molecule has 114 valence electrons. The molecule has 2 unspecified atom stereocenters. The summed E-state index contributed by atoms with van der Waals surface area (Å²) in [6.07, 6.45) is 5.24. The van der Waals surface area contributed by atoms with Gasteiger partial charge in [0.1, 0.15) is 5.75 Å². The fraction of sp³-hybridized carbons (Fsp3) is 0.471. The first-order valence-corrected chi connectivity index (χ1v) is 7.68. The minimum atomic E-state index is 0.212. The number of benzene rings is 1. The number of anilines is 1.